The SMILES string of the molecule is COc1ccc(C(=O)N2C(C(=O)Nc3ccccc3F)CSC2c2ccoc2)cc1. The molecule has 0 aliphatic carbocycles. The van der Waals surface area contributed by atoms with Crippen molar-refractivity contribution < 1.29 is 23.1 Å². The molecule has 8 heteroatoms. The first-order valence-electron chi connectivity index (χ1n) is 9.24. The Morgan fingerprint density at radius 1 is 1.17 bits per heavy atom. The summed E-state index contributed by atoms with van der Waals surface area (Å²) in [5.74, 6) is -0.278. The van der Waals surface area contributed by atoms with E-state index in [1.807, 2.05) is 0 Å². The highest BCUT2D eigenvalue weighted by atomic mass is 32.2. The smallest absolute Gasteiger partial charge is 0.255 e. The van der Waals surface area contributed by atoms with Gasteiger partial charge in [0.15, 0.2) is 0 Å². The van der Waals surface area contributed by atoms with Gasteiger partial charge in [0.05, 0.1) is 25.3 Å². The summed E-state index contributed by atoms with van der Waals surface area (Å²) in [6, 6.07) is 13.6. The molecule has 1 N–H and O–H groups in total. The number of hydrogen-bond donors (Lipinski definition) is 1. The topological polar surface area (TPSA) is 71.8 Å². The van der Waals surface area contributed by atoms with E-state index >= 15 is 0 Å². The van der Waals surface area contributed by atoms with Gasteiger partial charge >= 0.3 is 0 Å². The molecule has 2 amide bonds. The number of nitrogens with zero attached hydrogens (tertiary/aromatic N) is 1. The molecule has 2 heterocycles. The second-order valence-electron chi connectivity index (χ2n) is 6.67. The molecule has 0 saturated carbocycles. The summed E-state index contributed by atoms with van der Waals surface area (Å²) in [4.78, 5) is 27.9. The normalized spacial score (nSPS) is 18.3. The van der Waals surface area contributed by atoms with E-state index in [-0.39, 0.29) is 11.6 Å². The molecular weight excluding hydrogens is 407 g/mol. The molecule has 1 aliphatic rings. The van der Waals surface area contributed by atoms with Crippen LogP contribution in [0, 0.1) is 5.82 Å². The number of benzene rings is 2. The lowest BCUT2D eigenvalue weighted by Gasteiger charge is -2.28. The summed E-state index contributed by atoms with van der Waals surface area (Å²) in [5.41, 5.74) is 1.29. The monoisotopic (exact) mass is 426 g/mol. The Bertz CT molecular complexity index is 1040. The van der Waals surface area contributed by atoms with Crippen LogP contribution in [0.1, 0.15) is 21.3 Å². The lowest BCUT2D eigenvalue weighted by Crippen LogP contribution is -2.45. The zero-order valence-electron chi connectivity index (χ0n) is 16.1. The van der Waals surface area contributed by atoms with Crippen molar-refractivity contribution in [2.24, 2.45) is 0 Å². The summed E-state index contributed by atoms with van der Waals surface area (Å²) in [6.07, 6.45) is 3.09. The number of methoxy groups -OCH3 is 1. The molecule has 1 fully saturated rings. The van der Waals surface area contributed by atoms with E-state index in [1.165, 1.54) is 35.1 Å². The number of furan rings is 1. The molecule has 6 nitrogen and oxygen atoms in total. The van der Waals surface area contributed by atoms with Crippen molar-refractivity contribution in [1.82, 2.24) is 4.90 Å². The van der Waals surface area contributed by atoms with Crippen molar-refractivity contribution in [2.75, 3.05) is 18.2 Å². The van der Waals surface area contributed by atoms with Crippen LogP contribution in [0.4, 0.5) is 10.1 Å². The third-order valence-electron chi connectivity index (χ3n) is 4.83. The molecule has 2 unspecified atom stereocenters. The third kappa shape index (κ3) is 3.91. The lowest BCUT2D eigenvalue weighted by molar-refractivity contribution is -0.119. The number of halogens is 1. The van der Waals surface area contributed by atoms with Gasteiger partial charge < -0.3 is 19.4 Å². The molecule has 30 heavy (non-hydrogen) atoms. The van der Waals surface area contributed by atoms with Crippen LogP contribution in [0.5, 0.6) is 5.75 Å². The summed E-state index contributed by atoms with van der Waals surface area (Å²) in [6.45, 7) is 0. The molecule has 154 valence electrons. The van der Waals surface area contributed by atoms with Gasteiger partial charge in [0, 0.05) is 16.9 Å². The fourth-order valence-electron chi connectivity index (χ4n) is 3.29. The first-order valence-corrected chi connectivity index (χ1v) is 10.3. The highest BCUT2D eigenvalue weighted by Gasteiger charge is 2.43. The minimum absolute atomic E-state index is 0.0797. The maximum Gasteiger partial charge on any atom is 0.255 e. The number of rotatable bonds is 5. The summed E-state index contributed by atoms with van der Waals surface area (Å²) >= 11 is 1.46. The van der Waals surface area contributed by atoms with Crippen LogP contribution in [0.15, 0.2) is 71.5 Å². The minimum atomic E-state index is -0.774. The highest BCUT2D eigenvalue weighted by Crippen LogP contribution is 2.42. The van der Waals surface area contributed by atoms with Crippen LogP contribution in [-0.4, -0.2) is 35.6 Å². The van der Waals surface area contributed by atoms with E-state index in [2.05, 4.69) is 5.32 Å². The van der Waals surface area contributed by atoms with Gasteiger partial charge in [0.25, 0.3) is 5.91 Å². The Balaban J connectivity index is 1.64. The summed E-state index contributed by atoms with van der Waals surface area (Å²) in [5, 5.41) is 2.21. The number of amides is 2. The van der Waals surface area contributed by atoms with E-state index < -0.39 is 23.1 Å². The van der Waals surface area contributed by atoms with E-state index in [1.54, 1.807) is 55.8 Å². The lowest BCUT2D eigenvalue weighted by atomic mass is 10.1. The molecule has 4 rings (SSSR count). The average molecular weight is 426 g/mol. The number of thioether (sulfide) groups is 1. The molecule has 1 aliphatic heterocycles. The van der Waals surface area contributed by atoms with E-state index in [0.29, 0.717) is 17.1 Å². The zero-order chi connectivity index (χ0) is 21.1. The molecule has 0 spiro atoms. The van der Waals surface area contributed by atoms with Crippen LogP contribution in [0.2, 0.25) is 0 Å². The Kier molecular flexibility index (Phi) is 5.76. The Labute approximate surface area is 177 Å². The number of carbonyl (C=O) groups excluding carboxylic acids is 2. The second-order valence-corrected chi connectivity index (χ2v) is 7.78. The molecule has 3 aromatic rings. The summed E-state index contributed by atoms with van der Waals surface area (Å²) < 4.78 is 24.3. The van der Waals surface area contributed by atoms with Gasteiger partial charge in [0.1, 0.15) is 23.0 Å². The second kappa shape index (κ2) is 8.62. The van der Waals surface area contributed by atoms with Crippen molar-refractivity contribution in [3.63, 3.8) is 0 Å². The van der Waals surface area contributed by atoms with Crippen LogP contribution < -0.4 is 10.1 Å². The van der Waals surface area contributed by atoms with E-state index in [4.69, 9.17) is 9.15 Å². The van der Waals surface area contributed by atoms with Gasteiger partial charge in [-0.3, -0.25) is 9.59 Å². The quantitative estimate of drug-likeness (QED) is 0.658. The molecular formula is C22H19FN2O4S. The van der Waals surface area contributed by atoms with Crippen LogP contribution in [0.3, 0.4) is 0 Å². The number of anilines is 1. The number of hydrogen-bond acceptors (Lipinski definition) is 5. The Morgan fingerprint density at radius 3 is 2.60 bits per heavy atom. The van der Waals surface area contributed by atoms with Gasteiger partial charge in [-0.2, -0.15) is 0 Å². The van der Waals surface area contributed by atoms with Crippen LogP contribution in [-0.2, 0) is 4.79 Å². The van der Waals surface area contributed by atoms with Gasteiger partial charge in [-0.15, -0.1) is 11.8 Å². The van der Waals surface area contributed by atoms with Crippen molar-refractivity contribution >= 4 is 29.3 Å². The molecule has 2 atom stereocenters. The predicted molar refractivity (Wildman–Crippen MR) is 112 cm³/mol. The molecule has 0 bridgehead atoms. The van der Waals surface area contributed by atoms with Crippen molar-refractivity contribution in [3.05, 3.63) is 84.1 Å². The maximum atomic E-state index is 14.0. The molecule has 1 saturated heterocycles. The van der Waals surface area contributed by atoms with Crippen LogP contribution in [0.25, 0.3) is 0 Å². The van der Waals surface area contributed by atoms with Crippen LogP contribution >= 0.6 is 11.8 Å². The number of ether oxygens (including phenoxy) is 1. The van der Waals surface area contributed by atoms with Crippen molar-refractivity contribution in [3.8, 4) is 5.75 Å². The average Bonchev–Trinajstić information content (AvgIpc) is 3.44. The number of para-hydroxylation sites is 1. The minimum Gasteiger partial charge on any atom is -0.497 e. The van der Waals surface area contributed by atoms with E-state index in [0.717, 1.165) is 5.56 Å². The number of nitrogens with one attached hydrogen (secondary N) is 1. The van der Waals surface area contributed by atoms with E-state index in [9.17, 15) is 14.0 Å². The van der Waals surface area contributed by atoms with Crippen molar-refractivity contribution in [2.45, 2.75) is 11.4 Å². The molecule has 1 aromatic heterocycles. The fourth-order valence-corrected chi connectivity index (χ4v) is 4.70. The maximum absolute atomic E-state index is 14.0. The number of carbonyl (C=O) groups is 2. The molecule has 0 radical (unpaired) electrons. The predicted octanol–water partition coefficient (Wildman–Crippen LogP) is 4.32. The fraction of sp³-hybridized carbons (Fsp3) is 0.182. The van der Waals surface area contributed by atoms with Gasteiger partial charge in [0.2, 0.25) is 5.91 Å². The van der Waals surface area contributed by atoms with Crippen molar-refractivity contribution in [1.29, 1.82) is 0 Å². The summed E-state index contributed by atoms with van der Waals surface area (Å²) in [7, 11) is 1.55. The molecule has 2 aromatic carbocycles. The Hall–Kier alpha value is -3.26. The first kappa shape index (κ1) is 20.0. The third-order valence-corrected chi connectivity index (χ3v) is 6.16. The van der Waals surface area contributed by atoms with Gasteiger partial charge in [-0.1, -0.05) is 12.1 Å². The first-order chi connectivity index (χ1) is 14.6. The highest BCUT2D eigenvalue weighted by molar-refractivity contribution is 7.99. The van der Waals surface area contributed by atoms with Gasteiger partial charge in [-0.25, -0.2) is 4.39 Å². The Morgan fingerprint density at radius 2 is 1.93 bits per heavy atom. The zero-order valence-corrected chi connectivity index (χ0v) is 16.9. The standard InChI is InChI=1S/C22H19FN2O4S/c1-28-16-8-6-14(7-9-16)21(27)25-19(13-30-22(25)15-10-11-29-12-15)20(26)24-18-5-3-2-4-17(18)23/h2-12,19,22H,13H2,1H3,(H,24,26). The van der Waals surface area contributed by atoms with Gasteiger partial charge in [-0.05, 0) is 42.5 Å². The largest absolute Gasteiger partial charge is 0.497 e.